The van der Waals surface area contributed by atoms with Crippen molar-refractivity contribution in [1.29, 1.82) is 0 Å². The fraction of sp³-hybridized carbons (Fsp3) is 0.263. The number of esters is 1. The predicted octanol–water partition coefficient (Wildman–Crippen LogP) is 3.70. The quantitative estimate of drug-likeness (QED) is 0.812. The van der Waals surface area contributed by atoms with E-state index >= 15 is 0 Å². The zero-order chi connectivity index (χ0) is 16.4. The van der Waals surface area contributed by atoms with Crippen molar-refractivity contribution < 1.29 is 14.3 Å². The van der Waals surface area contributed by atoms with Crippen LogP contribution in [0.3, 0.4) is 0 Å². The fourth-order valence-electron chi connectivity index (χ4n) is 2.58. The van der Waals surface area contributed by atoms with Crippen molar-refractivity contribution >= 4 is 11.9 Å². The van der Waals surface area contributed by atoms with E-state index in [9.17, 15) is 4.79 Å². The Balaban J connectivity index is 2.07. The molecule has 0 saturated heterocycles. The Morgan fingerprint density at radius 3 is 2.52 bits per heavy atom. The third-order valence-corrected chi connectivity index (χ3v) is 3.72. The third kappa shape index (κ3) is 3.11. The Morgan fingerprint density at radius 2 is 1.87 bits per heavy atom. The average molecular weight is 309 g/mol. The Morgan fingerprint density at radius 1 is 1.13 bits per heavy atom. The summed E-state index contributed by atoms with van der Waals surface area (Å²) in [5, 5.41) is 0. The van der Waals surface area contributed by atoms with Crippen LogP contribution in [0.15, 0.2) is 53.5 Å². The summed E-state index contributed by atoms with van der Waals surface area (Å²) in [6, 6.07) is 15.3. The summed E-state index contributed by atoms with van der Waals surface area (Å²) in [6.45, 7) is 4.65. The van der Waals surface area contributed by atoms with Gasteiger partial charge in [-0.25, -0.2) is 9.79 Å². The topological polar surface area (TPSA) is 47.9 Å². The molecule has 0 bridgehead atoms. The Hall–Kier alpha value is -2.62. The summed E-state index contributed by atoms with van der Waals surface area (Å²) in [4.78, 5) is 16.4. The van der Waals surface area contributed by atoms with Gasteiger partial charge < -0.3 is 9.47 Å². The van der Waals surface area contributed by atoms with E-state index in [-0.39, 0.29) is 11.5 Å². The molecule has 0 spiro atoms. The maximum atomic E-state index is 11.8. The molecule has 1 aliphatic heterocycles. The van der Waals surface area contributed by atoms with Gasteiger partial charge in [-0.2, -0.15) is 0 Å². The van der Waals surface area contributed by atoms with Gasteiger partial charge in [0.1, 0.15) is 6.61 Å². The van der Waals surface area contributed by atoms with Crippen LogP contribution >= 0.6 is 0 Å². The van der Waals surface area contributed by atoms with E-state index in [1.54, 1.807) is 6.07 Å². The number of hydrogen-bond donors (Lipinski definition) is 0. The van der Waals surface area contributed by atoms with Crippen molar-refractivity contribution in [2.24, 2.45) is 4.99 Å². The van der Waals surface area contributed by atoms with Gasteiger partial charge in [-0.1, -0.05) is 30.3 Å². The highest BCUT2D eigenvalue weighted by Crippen LogP contribution is 2.29. The van der Waals surface area contributed by atoms with Crippen LogP contribution in [0.1, 0.15) is 29.8 Å². The number of benzene rings is 2. The van der Waals surface area contributed by atoms with Crippen molar-refractivity contribution in [2.75, 3.05) is 13.7 Å². The smallest absolute Gasteiger partial charge is 0.337 e. The lowest BCUT2D eigenvalue weighted by Crippen LogP contribution is -2.17. The molecule has 4 nitrogen and oxygen atoms in total. The first-order valence-corrected chi connectivity index (χ1v) is 7.51. The minimum Gasteiger partial charge on any atom is -0.475 e. The van der Waals surface area contributed by atoms with E-state index in [4.69, 9.17) is 9.47 Å². The molecule has 0 N–H and O–H groups in total. The molecule has 0 aliphatic carbocycles. The van der Waals surface area contributed by atoms with Crippen molar-refractivity contribution in [3.63, 3.8) is 0 Å². The third-order valence-electron chi connectivity index (χ3n) is 3.72. The van der Waals surface area contributed by atoms with Crippen LogP contribution in [0, 0.1) is 0 Å². The molecule has 4 heteroatoms. The second-order valence-electron chi connectivity index (χ2n) is 6.14. The fourth-order valence-corrected chi connectivity index (χ4v) is 2.58. The number of carbonyl (C=O) groups is 1. The van der Waals surface area contributed by atoms with Crippen LogP contribution in [-0.2, 0) is 9.47 Å². The van der Waals surface area contributed by atoms with Gasteiger partial charge in [0.15, 0.2) is 0 Å². The Bertz CT molecular complexity index is 778. The monoisotopic (exact) mass is 309 g/mol. The molecule has 0 unspecified atom stereocenters. The maximum Gasteiger partial charge on any atom is 0.337 e. The van der Waals surface area contributed by atoms with Gasteiger partial charge in [0.05, 0.1) is 18.2 Å². The van der Waals surface area contributed by atoms with Gasteiger partial charge in [0.2, 0.25) is 5.90 Å². The Labute approximate surface area is 135 Å². The van der Waals surface area contributed by atoms with E-state index in [1.165, 1.54) is 7.11 Å². The number of carbonyl (C=O) groups excluding carboxylic acids is 1. The minimum absolute atomic E-state index is 0.212. The van der Waals surface area contributed by atoms with Gasteiger partial charge in [0.25, 0.3) is 0 Å². The summed E-state index contributed by atoms with van der Waals surface area (Å²) in [7, 11) is 1.38. The molecule has 2 aromatic rings. The van der Waals surface area contributed by atoms with E-state index in [1.807, 2.05) is 56.3 Å². The van der Waals surface area contributed by atoms with Gasteiger partial charge in [-0.15, -0.1) is 0 Å². The van der Waals surface area contributed by atoms with E-state index in [0.29, 0.717) is 18.1 Å². The number of rotatable bonds is 3. The van der Waals surface area contributed by atoms with Gasteiger partial charge in [-0.3, -0.25) is 0 Å². The lowest BCUT2D eigenvalue weighted by atomic mass is 9.98. The lowest BCUT2D eigenvalue weighted by Gasteiger charge is -2.10. The highest BCUT2D eigenvalue weighted by molar-refractivity contribution is 6.02. The summed E-state index contributed by atoms with van der Waals surface area (Å²) >= 11 is 0. The zero-order valence-electron chi connectivity index (χ0n) is 13.5. The largest absolute Gasteiger partial charge is 0.475 e. The predicted molar refractivity (Wildman–Crippen MR) is 89.8 cm³/mol. The van der Waals surface area contributed by atoms with Gasteiger partial charge >= 0.3 is 5.97 Å². The highest BCUT2D eigenvalue weighted by Gasteiger charge is 2.28. The van der Waals surface area contributed by atoms with Crippen LogP contribution in [0.25, 0.3) is 11.1 Å². The van der Waals surface area contributed by atoms with Crippen molar-refractivity contribution in [3.05, 3.63) is 59.7 Å². The lowest BCUT2D eigenvalue weighted by molar-refractivity contribution is 0.0601. The minimum atomic E-state index is -0.347. The first-order valence-electron chi connectivity index (χ1n) is 7.51. The van der Waals surface area contributed by atoms with Crippen LogP contribution in [-0.4, -0.2) is 31.1 Å². The molecule has 0 atom stereocenters. The number of hydrogen-bond acceptors (Lipinski definition) is 4. The number of ether oxygens (including phenoxy) is 2. The van der Waals surface area contributed by atoms with Crippen LogP contribution < -0.4 is 0 Å². The first kappa shape index (κ1) is 15.3. The van der Waals surface area contributed by atoms with Crippen molar-refractivity contribution in [2.45, 2.75) is 19.4 Å². The summed E-state index contributed by atoms with van der Waals surface area (Å²) in [5.74, 6) is 0.300. The molecule has 1 aliphatic rings. The van der Waals surface area contributed by atoms with Crippen LogP contribution in [0.2, 0.25) is 0 Å². The summed E-state index contributed by atoms with van der Waals surface area (Å²) in [5.41, 5.74) is 3.15. The Kier molecular flexibility index (Phi) is 3.90. The molecule has 2 aromatic carbocycles. The maximum absolute atomic E-state index is 11.8. The molecule has 23 heavy (non-hydrogen) atoms. The molecule has 0 amide bonds. The SMILES string of the molecule is COC(=O)c1cccc(-c2ccccc2C2=NC(C)(C)CO2)c1. The standard InChI is InChI=1S/C19H19NO3/c1-19(2)12-23-17(20-19)16-10-5-4-9-15(16)13-7-6-8-14(11-13)18(21)22-3/h4-11H,12H2,1-3H3. The van der Waals surface area contributed by atoms with E-state index < -0.39 is 0 Å². The molecular formula is C19H19NO3. The summed E-state index contributed by atoms with van der Waals surface area (Å²) < 4.78 is 10.6. The first-order chi connectivity index (χ1) is 11.0. The molecule has 3 rings (SSSR count). The van der Waals surface area contributed by atoms with Crippen LogP contribution in [0.4, 0.5) is 0 Å². The van der Waals surface area contributed by atoms with Crippen molar-refractivity contribution in [1.82, 2.24) is 0 Å². The van der Waals surface area contributed by atoms with Crippen LogP contribution in [0.5, 0.6) is 0 Å². The molecule has 0 fully saturated rings. The zero-order valence-corrected chi connectivity index (χ0v) is 13.5. The van der Waals surface area contributed by atoms with E-state index in [0.717, 1.165) is 16.7 Å². The van der Waals surface area contributed by atoms with Gasteiger partial charge in [0, 0.05) is 5.56 Å². The summed E-state index contributed by atoms with van der Waals surface area (Å²) in [6.07, 6.45) is 0. The molecule has 118 valence electrons. The molecule has 1 heterocycles. The molecule has 0 aromatic heterocycles. The second kappa shape index (κ2) is 5.88. The average Bonchev–Trinajstić information content (AvgIpc) is 2.94. The molecular weight excluding hydrogens is 290 g/mol. The van der Waals surface area contributed by atoms with Gasteiger partial charge in [-0.05, 0) is 43.2 Å². The second-order valence-corrected chi connectivity index (χ2v) is 6.14. The van der Waals surface area contributed by atoms with E-state index in [2.05, 4.69) is 4.99 Å². The molecule has 0 saturated carbocycles. The number of nitrogens with zero attached hydrogens (tertiary/aromatic N) is 1. The normalized spacial score (nSPS) is 15.7. The number of methoxy groups -OCH3 is 1. The molecule has 0 radical (unpaired) electrons. The highest BCUT2D eigenvalue weighted by atomic mass is 16.5. The van der Waals surface area contributed by atoms with Crippen molar-refractivity contribution in [3.8, 4) is 11.1 Å². The number of aliphatic imine (C=N–C) groups is 1.